The Balaban J connectivity index is 1.45. The number of ether oxygens (including phenoxy) is 4. The van der Waals surface area contributed by atoms with Gasteiger partial charge in [0.1, 0.15) is 54.3 Å². The number of benzene rings is 2. The predicted octanol–water partition coefficient (Wildman–Crippen LogP) is 9.75. The third kappa shape index (κ3) is 7.18. The number of anilines is 1. The smallest absolute Gasteiger partial charge is 0.410 e. The molecule has 10 nitrogen and oxygen atoms in total. The molecular formula is C43H53F2N5O5SSi. The second kappa shape index (κ2) is 15.5. The van der Waals surface area contributed by atoms with Crippen LogP contribution < -0.4 is 14.4 Å². The molecule has 0 saturated carbocycles. The van der Waals surface area contributed by atoms with Gasteiger partial charge in [-0.15, -0.1) is 5.54 Å². The Morgan fingerprint density at radius 1 is 1.02 bits per heavy atom. The number of nitrogens with zero attached hydrogens (tertiary/aromatic N) is 5. The first kappa shape index (κ1) is 41.0. The average molecular weight is 818 g/mol. The maximum absolute atomic E-state index is 17.6. The van der Waals surface area contributed by atoms with Crippen LogP contribution in [0.1, 0.15) is 80.7 Å². The van der Waals surface area contributed by atoms with Crippen molar-refractivity contribution in [3.05, 3.63) is 41.5 Å². The van der Waals surface area contributed by atoms with Crippen molar-refractivity contribution >= 4 is 53.4 Å². The van der Waals surface area contributed by atoms with E-state index in [0.717, 1.165) is 12.8 Å². The highest BCUT2D eigenvalue weighted by Crippen LogP contribution is 2.47. The SMILES string of the molecule is COCOc1cc(-c2nc3c4c(nc(SC)nc4c2F)N2CC4CCC(C2CO3)N4C(=O)OC(C)(C)C)c2c(C#C[Si](C(C)C)(C(C)C)C(C)C)c(F)ccc2c1. The normalized spacial score (nSPS) is 19.2. The molecular weight excluding hydrogens is 765 g/mol. The molecule has 57 heavy (non-hydrogen) atoms. The number of amides is 1. The summed E-state index contributed by atoms with van der Waals surface area (Å²) in [6.07, 6.45) is 3.04. The van der Waals surface area contributed by atoms with Gasteiger partial charge in [0.15, 0.2) is 17.8 Å². The molecule has 0 aliphatic carbocycles. The first-order valence-corrected chi connectivity index (χ1v) is 23.2. The third-order valence-corrected chi connectivity index (χ3v) is 18.7. The van der Waals surface area contributed by atoms with Gasteiger partial charge in [0.25, 0.3) is 0 Å². The molecule has 3 unspecified atom stereocenters. The Kier molecular flexibility index (Phi) is 11.2. The molecule has 3 aliphatic heterocycles. The summed E-state index contributed by atoms with van der Waals surface area (Å²) in [6.45, 7) is 19.4. The number of rotatable bonds is 8. The minimum atomic E-state index is -2.30. The van der Waals surface area contributed by atoms with Crippen molar-refractivity contribution in [3.8, 4) is 34.4 Å². The lowest BCUT2D eigenvalue weighted by molar-refractivity contribution is 0.00538. The number of piperazine rings is 1. The number of pyridine rings is 1. The fourth-order valence-electron chi connectivity index (χ4n) is 9.47. The van der Waals surface area contributed by atoms with Gasteiger partial charge in [-0.2, -0.15) is 0 Å². The molecule has 1 amide bonds. The van der Waals surface area contributed by atoms with E-state index in [1.807, 2.05) is 31.9 Å². The standard InChI is InChI=1S/C43H53F2N5O5SSi/c1-23(2)57(24(3)4,25(5)6)17-16-29-31(44)14-12-26-18-28(54-22-52-10)19-30(34(26)29)37-36(45)38-35-39(48-41(47-38)56-11)49-20-27-13-15-32(33(49)21-53-40(35)46-37)50(27)42(51)55-43(7,8)9/h12,14,18-19,23-25,27,32-33H,13,15,20-22H2,1-11H3. The van der Waals surface area contributed by atoms with Gasteiger partial charge in [-0.3, -0.25) is 4.90 Å². The number of carbonyl (C=O) groups excluding carboxylic acids is 1. The van der Waals surface area contributed by atoms with E-state index >= 15 is 8.78 Å². The van der Waals surface area contributed by atoms with E-state index in [1.165, 1.54) is 24.9 Å². The van der Waals surface area contributed by atoms with Crippen LogP contribution in [0.5, 0.6) is 11.6 Å². The monoisotopic (exact) mass is 817 g/mol. The van der Waals surface area contributed by atoms with Crippen molar-refractivity contribution < 1.29 is 32.5 Å². The number of halogens is 2. The molecule has 304 valence electrons. The third-order valence-electron chi connectivity index (χ3n) is 11.9. The van der Waals surface area contributed by atoms with Crippen molar-refractivity contribution in [2.24, 2.45) is 0 Å². The first-order chi connectivity index (χ1) is 27.0. The molecule has 14 heteroatoms. The van der Waals surface area contributed by atoms with Gasteiger partial charge in [-0.1, -0.05) is 65.3 Å². The molecule has 3 aliphatic rings. The number of hydrogen-bond donors (Lipinski definition) is 0. The minimum Gasteiger partial charge on any atom is -0.475 e. The Hall–Kier alpha value is -4.19. The summed E-state index contributed by atoms with van der Waals surface area (Å²) in [6, 6.07) is 5.83. The lowest BCUT2D eigenvalue weighted by Crippen LogP contribution is -2.63. The van der Waals surface area contributed by atoms with Gasteiger partial charge < -0.3 is 23.8 Å². The molecule has 0 radical (unpaired) electrons. The van der Waals surface area contributed by atoms with Crippen LogP contribution in [0.4, 0.5) is 19.4 Å². The minimum absolute atomic E-state index is 0.0400. The van der Waals surface area contributed by atoms with E-state index < -0.39 is 25.3 Å². The van der Waals surface area contributed by atoms with Gasteiger partial charge in [-0.25, -0.2) is 28.5 Å². The van der Waals surface area contributed by atoms with Gasteiger partial charge in [-0.05, 0) is 80.1 Å². The second-order valence-corrected chi connectivity index (χ2v) is 23.6. The van der Waals surface area contributed by atoms with E-state index in [4.69, 9.17) is 33.9 Å². The molecule has 2 bridgehead atoms. The fraction of sp³-hybridized carbons (Fsp3) is 0.535. The van der Waals surface area contributed by atoms with Crippen LogP contribution in [0.3, 0.4) is 0 Å². The second-order valence-electron chi connectivity index (χ2n) is 17.2. The average Bonchev–Trinajstić information content (AvgIpc) is 3.39. The highest BCUT2D eigenvalue weighted by atomic mass is 32.2. The van der Waals surface area contributed by atoms with Gasteiger partial charge in [0, 0.05) is 24.6 Å². The summed E-state index contributed by atoms with van der Waals surface area (Å²) in [5.41, 5.74) is 4.40. The maximum atomic E-state index is 17.6. The lowest BCUT2D eigenvalue weighted by atomic mass is 9.95. The van der Waals surface area contributed by atoms with Crippen molar-refractivity contribution in [2.45, 2.75) is 121 Å². The van der Waals surface area contributed by atoms with E-state index in [0.29, 0.717) is 56.1 Å². The van der Waals surface area contributed by atoms with E-state index in [1.54, 1.807) is 18.2 Å². The molecule has 2 aromatic carbocycles. The highest BCUT2D eigenvalue weighted by Gasteiger charge is 2.52. The maximum Gasteiger partial charge on any atom is 0.410 e. The number of methoxy groups -OCH3 is 1. The molecule has 0 spiro atoms. The van der Waals surface area contributed by atoms with Crippen LogP contribution in [0.15, 0.2) is 29.4 Å². The number of fused-ring (bicyclic) bond motifs is 6. The fourth-order valence-corrected chi connectivity index (χ4v) is 15.0. The van der Waals surface area contributed by atoms with E-state index in [2.05, 4.69) is 57.9 Å². The summed E-state index contributed by atoms with van der Waals surface area (Å²) in [5, 5.41) is 1.75. The van der Waals surface area contributed by atoms with Crippen LogP contribution in [-0.4, -0.2) is 91.1 Å². The van der Waals surface area contributed by atoms with Crippen LogP contribution in [0.25, 0.3) is 32.9 Å². The summed E-state index contributed by atoms with van der Waals surface area (Å²) >= 11 is 1.30. The zero-order valence-corrected chi connectivity index (χ0v) is 36.6. The highest BCUT2D eigenvalue weighted by molar-refractivity contribution is 7.98. The number of hydrogen-bond acceptors (Lipinski definition) is 10. The lowest BCUT2D eigenvalue weighted by Gasteiger charge is -2.46. The van der Waals surface area contributed by atoms with Crippen LogP contribution >= 0.6 is 11.8 Å². The van der Waals surface area contributed by atoms with Gasteiger partial charge >= 0.3 is 6.09 Å². The van der Waals surface area contributed by atoms with Crippen LogP contribution in [0.2, 0.25) is 16.6 Å². The van der Waals surface area contributed by atoms with Crippen molar-refractivity contribution in [2.75, 3.05) is 38.2 Å². The molecule has 5 heterocycles. The van der Waals surface area contributed by atoms with Gasteiger partial charge in [0.2, 0.25) is 5.88 Å². The first-order valence-electron chi connectivity index (χ1n) is 19.8. The Labute approximate surface area is 339 Å². The van der Waals surface area contributed by atoms with Crippen molar-refractivity contribution in [3.63, 3.8) is 0 Å². The molecule has 2 saturated heterocycles. The Bertz CT molecular complexity index is 2270. The van der Waals surface area contributed by atoms with Crippen molar-refractivity contribution in [1.82, 2.24) is 19.9 Å². The topological polar surface area (TPSA) is 99.1 Å². The van der Waals surface area contributed by atoms with Gasteiger partial charge in [0.05, 0.1) is 23.7 Å². The number of thioether (sulfide) groups is 1. The van der Waals surface area contributed by atoms with Crippen molar-refractivity contribution in [1.29, 1.82) is 0 Å². The summed E-state index contributed by atoms with van der Waals surface area (Å²) in [5.74, 6) is 3.18. The van der Waals surface area contributed by atoms with Crippen LogP contribution in [0, 0.1) is 23.1 Å². The summed E-state index contributed by atoms with van der Waals surface area (Å²) in [4.78, 5) is 32.1. The molecule has 7 rings (SSSR count). The predicted molar refractivity (Wildman–Crippen MR) is 224 cm³/mol. The summed E-state index contributed by atoms with van der Waals surface area (Å²) < 4.78 is 57.4. The van der Waals surface area contributed by atoms with Crippen LogP contribution in [-0.2, 0) is 9.47 Å². The molecule has 3 atom stereocenters. The quantitative estimate of drug-likeness (QED) is 0.0562. The van der Waals surface area contributed by atoms with E-state index in [-0.39, 0.29) is 65.8 Å². The zero-order valence-electron chi connectivity index (χ0n) is 34.8. The molecule has 2 fully saturated rings. The Morgan fingerprint density at radius 3 is 2.39 bits per heavy atom. The summed E-state index contributed by atoms with van der Waals surface area (Å²) in [7, 11) is -0.787. The molecule has 2 aromatic heterocycles. The van der Waals surface area contributed by atoms with E-state index in [9.17, 15) is 4.79 Å². The largest absolute Gasteiger partial charge is 0.475 e. The number of carbonyl (C=O) groups is 1. The number of aromatic nitrogens is 3. The molecule has 0 N–H and O–H groups in total. The molecule has 4 aromatic rings. The Morgan fingerprint density at radius 2 is 1.74 bits per heavy atom. The zero-order chi connectivity index (χ0) is 41.1.